The molecule has 3 heterocycles. The Morgan fingerprint density at radius 2 is 1.82 bits per heavy atom. The standard InChI is InChI=1S/C19H19F3N4O2/c20-19(21,22)13-5-7-14(8-6-13)25-10-16-15(25)11-26(16)17-4-2-1-3-12(9-23-17)18(27)24-28/h1,3,5-9,15-16,28H,2,4,10-11H2,(H,24,27)/b3-1-,12-9+,23-17?/t15?,16-/m1/s1. The molecular formula is C19H19F3N4O2. The molecule has 0 bridgehead atoms. The third-order valence-corrected chi connectivity index (χ3v) is 5.42. The summed E-state index contributed by atoms with van der Waals surface area (Å²) in [6.07, 6.45) is 2.07. The smallest absolute Gasteiger partial charge is 0.362 e. The predicted octanol–water partition coefficient (Wildman–Crippen LogP) is 2.72. The fraction of sp³-hybridized carbons (Fsp3) is 0.368. The van der Waals surface area contributed by atoms with Crippen molar-refractivity contribution in [2.75, 3.05) is 18.0 Å². The van der Waals surface area contributed by atoms with E-state index < -0.39 is 17.6 Å². The summed E-state index contributed by atoms with van der Waals surface area (Å²) in [5, 5.41) is 8.77. The molecule has 9 heteroatoms. The van der Waals surface area contributed by atoms with Crippen molar-refractivity contribution >= 4 is 17.4 Å². The van der Waals surface area contributed by atoms with Crippen molar-refractivity contribution in [1.29, 1.82) is 0 Å². The molecule has 2 N–H and O–H groups in total. The first-order chi connectivity index (χ1) is 13.4. The fourth-order valence-corrected chi connectivity index (χ4v) is 3.78. The average Bonchev–Trinajstić information content (AvgIpc) is 2.63. The minimum atomic E-state index is -4.33. The molecule has 1 aromatic carbocycles. The largest absolute Gasteiger partial charge is 0.416 e. The van der Waals surface area contributed by atoms with Crippen molar-refractivity contribution in [2.24, 2.45) is 4.99 Å². The second kappa shape index (κ2) is 6.97. The Morgan fingerprint density at radius 3 is 2.43 bits per heavy atom. The summed E-state index contributed by atoms with van der Waals surface area (Å²) in [5.41, 5.74) is 2.02. The van der Waals surface area contributed by atoms with E-state index in [0.717, 1.165) is 49.6 Å². The van der Waals surface area contributed by atoms with Gasteiger partial charge in [0.1, 0.15) is 5.84 Å². The van der Waals surface area contributed by atoms with E-state index in [1.54, 1.807) is 11.6 Å². The summed E-state index contributed by atoms with van der Waals surface area (Å²) in [5.74, 6) is 0.265. The number of hydrogen-bond donors (Lipinski definition) is 2. The number of carbonyl (C=O) groups is 1. The van der Waals surface area contributed by atoms with E-state index in [4.69, 9.17) is 5.21 Å². The van der Waals surface area contributed by atoms with Gasteiger partial charge in [0.2, 0.25) is 0 Å². The van der Waals surface area contributed by atoms with Crippen LogP contribution in [0.5, 0.6) is 0 Å². The maximum absolute atomic E-state index is 12.7. The van der Waals surface area contributed by atoms with Gasteiger partial charge in [0.25, 0.3) is 5.91 Å². The number of rotatable bonds is 2. The number of nitrogens with one attached hydrogen (secondary N) is 1. The molecule has 2 atom stereocenters. The van der Waals surface area contributed by atoms with Gasteiger partial charge in [-0.25, -0.2) is 10.5 Å². The van der Waals surface area contributed by atoms with Crippen molar-refractivity contribution in [3.05, 3.63) is 53.8 Å². The van der Waals surface area contributed by atoms with E-state index in [2.05, 4.69) is 14.8 Å². The van der Waals surface area contributed by atoms with Gasteiger partial charge in [0, 0.05) is 31.4 Å². The molecule has 1 aromatic rings. The van der Waals surface area contributed by atoms with Crippen molar-refractivity contribution < 1.29 is 23.2 Å². The number of nitrogens with zero attached hydrogens (tertiary/aromatic N) is 3. The number of piperazine rings is 1. The van der Waals surface area contributed by atoms with Crippen LogP contribution < -0.4 is 10.4 Å². The minimum absolute atomic E-state index is 0.254. The van der Waals surface area contributed by atoms with E-state index in [0.29, 0.717) is 0 Å². The van der Waals surface area contributed by atoms with Gasteiger partial charge in [0.05, 0.1) is 23.2 Å². The first kappa shape index (κ1) is 18.5. The number of benzene rings is 1. The summed E-state index contributed by atoms with van der Waals surface area (Å²) < 4.78 is 38.1. The number of carbonyl (C=O) groups excluding carboxylic acids is 1. The van der Waals surface area contributed by atoms with Crippen LogP contribution in [0.4, 0.5) is 18.9 Å². The second-order valence-corrected chi connectivity index (χ2v) is 7.00. The lowest BCUT2D eigenvalue weighted by Gasteiger charge is -2.63. The molecule has 4 rings (SSSR count). The lowest BCUT2D eigenvalue weighted by Crippen LogP contribution is -2.80. The van der Waals surface area contributed by atoms with Gasteiger partial charge >= 0.3 is 6.18 Å². The van der Waals surface area contributed by atoms with Crippen molar-refractivity contribution in [2.45, 2.75) is 31.1 Å². The van der Waals surface area contributed by atoms with Gasteiger partial charge in [-0.1, -0.05) is 12.2 Å². The molecule has 2 saturated heterocycles. The molecule has 0 saturated carbocycles. The molecule has 1 amide bonds. The number of fused-ring (bicyclic) bond motifs is 1. The molecule has 0 aromatic heterocycles. The highest BCUT2D eigenvalue weighted by Crippen LogP contribution is 2.39. The highest BCUT2D eigenvalue weighted by molar-refractivity contribution is 5.96. The van der Waals surface area contributed by atoms with E-state index >= 15 is 0 Å². The number of amidine groups is 1. The van der Waals surface area contributed by atoms with Crippen LogP contribution in [-0.4, -0.2) is 47.0 Å². The van der Waals surface area contributed by atoms with E-state index in [-0.39, 0.29) is 17.7 Å². The highest BCUT2D eigenvalue weighted by Gasteiger charge is 2.52. The predicted molar refractivity (Wildman–Crippen MR) is 96.9 cm³/mol. The number of allylic oxidation sites excluding steroid dienone is 1. The SMILES string of the molecule is O=C(NO)C1=C/N=C(N2CC3[C@H]2CN3c2ccc(C(F)(F)F)cc2)CC/C=C\1. The molecule has 0 radical (unpaired) electrons. The molecule has 6 nitrogen and oxygen atoms in total. The monoisotopic (exact) mass is 392 g/mol. The Hall–Kier alpha value is -2.81. The average molecular weight is 392 g/mol. The maximum Gasteiger partial charge on any atom is 0.416 e. The Morgan fingerprint density at radius 1 is 1.14 bits per heavy atom. The van der Waals surface area contributed by atoms with E-state index in [1.807, 2.05) is 6.08 Å². The molecule has 148 valence electrons. The summed E-state index contributed by atoms with van der Waals surface area (Å²) in [4.78, 5) is 20.3. The van der Waals surface area contributed by atoms with Crippen LogP contribution in [0.2, 0.25) is 0 Å². The van der Waals surface area contributed by atoms with Gasteiger partial charge in [-0.05, 0) is 30.7 Å². The first-order valence-electron chi connectivity index (χ1n) is 8.97. The number of hydroxylamine groups is 1. The molecule has 3 aliphatic rings. The molecule has 28 heavy (non-hydrogen) atoms. The number of anilines is 1. The topological polar surface area (TPSA) is 68.2 Å². The maximum atomic E-state index is 12.7. The van der Waals surface area contributed by atoms with Gasteiger partial charge in [-0.3, -0.25) is 10.0 Å². The number of likely N-dealkylation sites (tertiary alicyclic amines) is 1. The van der Waals surface area contributed by atoms with Crippen LogP contribution in [-0.2, 0) is 11.0 Å². The van der Waals surface area contributed by atoms with Crippen molar-refractivity contribution in [3.63, 3.8) is 0 Å². The van der Waals surface area contributed by atoms with Crippen molar-refractivity contribution in [3.8, 4) is 0 Å². The molecule has 3 aliphatic heterocycles. The second-order valence-electron chi connectivity index (χ2n) is 7.00. The normalized spacial score (nSPS) is 27.1. The Bertz CT molecular complexity index is 861. The minimum Gasteiger partial charge on any atom is -0.362 e. The number of halogens is 3. The fourth-order valence-electron chi connectivity index (χ4n) is 3.78. The lowest BCUT2D eigenvalue weighted by molar-refractivity contribution is -0.137. The number of hydrogen-bond acceptors (Lipinski definition) is 5. The van der Waals surface area contributed by atoms with Gasteiger partial charge in [-0.2, -0.15) is 13.2 Å². The summed E-state index contributed by atoms with van der Waals surface area (Å²) in [6, 6.07) is 5.79. The van der Waals surface area contributed by atoms with Gasteiger partial charge < -0.3 is 9.80 Å². The van der Waals surface area contributed by atoms with E-state index in [1.165, 1.54) is 18.3 Å². The zero-order chi connectivity index (χ0) is 19.9. The first-order valence-corrected chi connectivity index (χ1v) is 8.97. The molecule has 1 unspecified atom stereocenters. The Balaban J connectivity index is 1.41. The van der Waals surface area contributed by atoms with Gasteiger partial charge in [-0.15, -0.1) is 0 Å². The Labute approximate surface area is 159 Å². The van der Waals surface area contributed by atoms with Gasteiger partial charge in [0.15, 0.2) is 0 Å². The summed E-state index contributed by atoms with van der Waals surface area (Å²) in [7, 11) is 0. The molecule has 0 aliphatic carbocycles. The number of aliphatic imine (C=N–C) groups is 1. The van der Waals surface area contributed by atoms with Crippen LogP contribution >= 0.6 is 0 Å². The molecule has 2 fully saturated rings. The zero-order valence-electron chi connectivity index (χ0n) is 14.9. The van der Waals surface area contributed by atoms with Crippen LogP contribution in [0.3, 0.4) is 0 Å². The number of alkyl halides is 3. The van der Waals surface area contributed by atoms with Crippen molar-refractivity contribution in [1.82, 2.24) is 10.4 Å². The van der Waals surface area contributed by atoms with E-state index in [9.17, 15) is 18.0 Å². The summed E-state index contributed by atoms with van der Waals surface area (Å²) >= 11 is 0. The van der Waals surface area contributed by atoms with Crippen LogP contribution in [0.25, 0.3) is 0 Å². The summed E-state index contributed by atoms with van der Waals surface area (Å²) in [6.45, 7) is 1.46. The highest BCUT2D eigenvalue weighted by atomic mass is 19.4. The third-order valence-electron chi connectivity index (χ3n) is 5.42. The molecular weight excluding hydrogens is 373 g/mol. The quantitative estimate of drug-likeness (QED) is 0.600. The van der Waals surface area contributed by atoms with Crippen LogP contribution in [0.1, 0.15) is 18.4 Å². The zero-order valence-corrected chi connectivity index (χ0v) is 14.9. The number of amides is 1. The molecule has 0 spiro atoms. The van der Waals surface area contributed by atoms with Crippen LogP contribution in [0.15, 0.2) is 53.2 Å². The third kappa shape index (κ3) is 3.26. The van der Waals surface area contributed by atoms with Crippen LogP contribution in [0, 0.1) is 0 Å². The lowest BCUT2D eigenvalue weighted by atomic mass is 9.84. The Kier molecular flexibility index (Phi) is 4.62.